The van der Waals surface area contributed by atoms with Gasteiger partial charge in [0, 0.05) is 18.2 Å². The van der Waals surface area contributed by atoms with Crippen LogP contribution in [0.3, 0.4) is 0 Å². The SMILES string of the molecule is O=C1C(F)=CC[n+]2ccccc21. The van der Waals surface area contributed by atoms with Crippen LogP contribution in [0.25, 0.3) is 0 Å². The molecule has 0 aromatic carbocycles. The Morgan fingerprint density at radius 2 is 2.25 bits per heavy atom. The summed E-state index contributed by atoms with van der Waals surface area (Å²) in [4.78, 5) is 11.2. The second kappa shape index (κ2) is 2.52. The van der Waals surface area contributed by atoms with Gasteiger partial charge in [0.2, 0.25) is 0 Å². The maximum Gasteiger partial charge on any atom is 0.284 e. The van der Waals surface area contributed by atoms with Crippen LogP contribution >= 0.6 is 0 Å². The van der Waals surface area contributed by atoms with Gasteiger partial charge >= 0.3 is 0 Å². The van der Waals surface area contributed by atoms with E-state index in [2.05, 4.69) is 0 Å². The number of ketones is 1. The predicted molar refractivity (Wildman–Crippen MR) is 40.2 cm³/mol. The van der Waals surface area contributed by atoms with Gasteiger partial charge in [-0.1, -0.05) is 0 Å². The summed E-state index contributed by atoms with van der Waals surface area (Å²) in [6.45, 7) is 0.438. The fourth-order valence-corrected chi connectivity index (χ4v) is 1.24. The Balaban J connectivity index is 2.57. The van der Waals surface area contributed by atoms with Gasteiger partial charge in [0.25, 0.3) is 11.5 Å². The summed E-state index contributed by atoms with van der Waals surface area (Å²) < 4.78 is 14.5. The second-order valence-electron chi connectivity index (χ2n) is 2.62. The summed E-state index contributed by atoms with van der Waals surface area (Å²) in [5.74, 6) is -1.18. The topological polar surface area (TPSA) is 20.9 Å². The van der Waals surface area contributed by atoms with E-state index in [4.69, 9.17) is 0 Å². The largest absolute Gasteiger partial charge is 0.284 e. The van der Waals surface area contributed by atoms with Crippen molar-refractivity contribution in [3.63, 3.8) is 0 Å². The lowest BCUT2D eigenvalue weighted by Crippen LogP contribution is -2.42. The summed E-state index contributed by atoms with van der Waals surface area (Å²) in [5.41, 5.74) is 0.414. The number of hydrogen-bond donors (Lipinski definition) is 0. The normalized spacial score (nSPS) is 15.4. The number of Topliss-reactive ketones (excluding diaryl/α,β-unsaturated/α-hetero) is 1. The maximum atomic E-state index is 12.8. The molecule has 12 heavy (non-hydrogen) atoms. The standard InChI is InChI=1S/C9H7FNO/c10-7-4-6-11-5-2-1-3-8(11)9(7)12/h1-5H,6H2/q+1. The quantitative estimate of drug-likeness (QED) is 0.524. The highest BCUT2D eigenvalue weighted by molar-refractivity contribution is 6.05. The summed E-state index contributed by atoms with van der Waals surface area (Å²) in [5, 5.41) is 0. The zero-order valence-corrected chi connectivity index (χ0v) is 6.33. The lowest BCUT2D eigenvalue weighted by Gasteiger charge is -2.03. The molecule has 1 aliphatic rings. The van der Waals surface area contributed by atoms with E-state index in [0.29, 0.717) is 12.2 Å². The Bertz CT molecular complexity index is 371. The first-order valence-electron chi connectivity index (χ1n) is 3.68. The minimum Gasteiger partial charge on any atom is -0.279 e. The number of aromatic nitrogens is 1. The molecule has 2 heterocycles. The third kappa shape index (κ3) is 0.942. The van der Waals surface area contributed by atoms with Gasteiger partial charge < -0.3 is 0 Å². The molecule has 0 fully saturated rings. The van der Waals surface area contributed by atoms with Crippen molar-refractivity contribution in [1.82, 2.24) is 0 Å². The smallest absolute Gasteiger partial charge is 0.279 e. The Morgan fingerprint density at radius 1 is 1.42 bits per heavy atom. The molecule has 1 aromatic heterocycles. The number of hydrogen-bond acceptors (Lipinski definition) is 1. The lowest BCUT2D eigenvalue weighted by molar-refractivity contribution is -0.690. The third-order valence-electron chi connectivity index (χ3n) is 1.86. The number of nitrogens with zero attached hydrogens (tertiary/aromatic N) is 1. The van der Waals surface area contributed by atoms with Gasteiger partial charge in [-0.05, 0) is 6.07 Å². The molecule has 0 aliphatic carbocycles. The van der Waals surface area contributed by atoms with Gasteiger partial charge in [0.15, 0.2) is 18.6 Å². The van der Waals surface area contributed by atoms with Crippen LogP contribution in [0.2, 0.25) is 0 Å². The number of pyridine rings is 1. The van der Waals surface area contributed by atoms with E-state index in [1.807, 2.05) is 6.07 Å². The number of carbonyl (C=O) groups is 1. The first-order chi connectivity index (χ1) is 5.79. The minimum absolute atomic E-state index is 0.414. The Labute approximate surface area is 69.0 Å². The average Bonchev–Trinajstić information content (AvgIpc) is 2.12. The van der Waals surface area contributed by atoms with E-state index in [1.54, 1.807) is 22.9 Å². The van der Waals surface area contributed by atoms with E-state index < -0.39 is 11.6 Å². The zero-order chi connectivity index (χ0) is 8.55. The van der Waals surface area contributed by atoms with Crippen molar-refractivity contribution in [2.24, 2.45) is 0 Å². The Morgan fingerprint density at radius 3 is 3.08 bits per heavy atom. The highest BCUT2D eigenvalue weighted by Gasteiger charge is 2.26. The molecule has 2 rings (SSSR count). The minimum atomic E-state index is -0.652. The van der Waals surface area contributed by atoms with Crippen molar-refractivity contribution in [3.05, 3.63) is 42.0 Å². The molecule has 3 heteroatoms. The number of rotatable bonds is 0. The van der Waals surface area contributed by atoms with Crippen LogP contribution in [0.1, 0.15) is 10.5 Å². The molecule has 0 atom stereocenters. The number of carbonyl (C=O) groups excluding carboxylic acids is 1. The molecule has 0 unspecified atom stereocenters. The van der Waals surface area contributed by atoms with Crippen molar-refractivity contribution in [2.75, 3.05) is 0 Å². The first kappa shape index (κ1) is 7.16. The molecule has 0 N–H and O–H groups in total. The molecule has 1 aromatic rings. The Kier molecular flexibility index (Phi) is 1.50. The van der Waals surface area contributed by atoms with Gasteiger partial charge in [0.05, 0.1) is 0 Å². The van der Waals surface area contributed by atoms with Crippen LogP contribution in [0, 0.1) is 0 Å². The molecule has 0 spiro atoms. The number of allylic oxidation sites excluding steroid dienone is 2. The molecule has 1 aliphatic heterocycles. The van der Waals surface area contributed by atoms with E-state index in [0.717, 1.165) is 0 Å². The van der Waals surface area contributed by atoms with E-state index in [-0.39, 0.29) is 0 Å². The monoisotopic (exact) mass is 164 g/mol. The van der Waals surface area contributed by atoms with Gasteiger partial charge in [-0.3, -0.25) is 4.79 Å². The molecule has 0 amide bonds. The highest BCUT2D eigenvalue weighted by Crippen LogP contribution is 2.09. The van der Waals surface area contributed by atoms with Gasteiger partial charge in [-0.25, -0.2) is 4.39 Å². The lowest BCUT2D eigenvalue weighted by atomic mass is 10.1. The molecule has 60 valence electrons. The van der Waals surface area contributed by atoms with Crippen molar-refractivity contribution < 1.29 is 13.8 Å². The summed E-state index contributed by atoms with van der Waals surface area (Å²) >= 11 is 0. The molecular weight excluding hydrogens is 157 g/mol. The van der Waals surface area contributed by atoms with Crippen LogP contribution in [-0.4, -0.2) is 5.78 Å². The molecular formula is C9H7FNO+. The maximum absolute atomic E-state index is 12.8. The van der Waals surface area contributed by atoms with Gasteiger partial charge in [0.1, 0.15) is 0 Å². The summed E-state index contributed by atoms with van der Waals surface area (Å²) in [6.07, 6.45) is 3.05. The molecule has 0 saturated carbocycles. The highest BCUT2D eigenvalue weighted by atomic mass is 19.1. The molecule has 2 nitrogen and oxygen atoms in total. The average molecular weight is 164 g/mol. The second-order valence-corrected chi connectivity index (χ2v) is 2.62. The fourth-order valence-electron chi connectivity index (χ4n) is 1.24. The summed E-state index contributed by atoms with van der Waals surface area (Å²) in [6, 6.07) is 5.16. The molecule has 0 radical (unpaired) electrons. The Hall–Kier alpha value is -1.51. The van der Waals surface area contributed by atoms with E-state index >= 15 is 0 Å². The van der Waals surface area contributed by atoms with Crippen LogP contribution in [0.15, 0.2) is 36.3 Å². The number of fused-ring (bicyclic) bond motifs is 1. The molecule has 0 saturated heterocycles. The van der Waals surface area contributed by atoms with Crippen LogP contribution in [-0.2, 0) is 6.54 Å². The van der Waals surface area contributed by atoms with Gasteiger partial charge in [-0.15, -0.1) is 0 Å². The first-order valence-corrected chi connectivity index (χ1v) is 3.68. The molecule has 0 bridgehead atoms. The van der Waals surface area contributed by atoms with Crippen LogP contribution in [0.4, 0.5) is 4.39 Å². The fraction of sp³-hybridized carbons (Fsp3) is 0.111. The third-order valence-corrected chi connectivity index (χ3v) is 1.86. The number of halogens is 1. The zero-order valence-electron chi connectivity index (χ0n) is 6.33. The summed E-state index contributed by atoms with van der Waals surface area (Å²) in [7, 11) is 0. The van der Waals surface area contributed by atoms with E-state index in [1.165, 1.54) is 6.08 Å². The van der Waals surface area contributed by atoms with E-state index in [9.17, 15) is 9.18 Å². The predicted octanol–water partition coefficient (Wildman–Crippen LogP) is 1.02. The van der Waals surface area contributed by atoms with Crippen LogP contribution in [0.5, 0.6) is 0 Å². The van der Waals surface area contributed by atoms with Crippen molar-refractivity contribution in [3.8, 4) is 0 Å². The van der Waals surface area contributed by atoms with Crippen molar-refractivity contribution >= 4 is 5.78 Å². The van der Waals surface area contributed by atoms with Crippen LogP contribution < -0.4 is 4.57 Å². The van der Waals surface area contributed by atoms with Gasteiger partial charge in [-0.2, -0.15) is 4.57 Å². The van der Waals surface area contributed by atoms with Crippen molar-refractivity contribution in [1.29, 1.82) is 0 Å². The van der Waals surface area contributed by atoms with Crippen molar-refractivity contribution in [2.45, 2.75) is 6.54 Å².